The number of nitrogens with zero attached hydrogens (tertiary/aromatic N) is 1. The number of allylic oxidation sites excluding steroid dienone is 1. The number of sulfonamides is 1. The van der Waals surface area contributed by atoms with Crippen LogP contribution in [-0.2, 0) is 21.2 Å². The lowest BCUT2D eigenvalue weighted by Gasteiger charge is -2.29. The van der Waals surface area contributed by atoms with Gasteiger partial charge in [-0.3, -0.25) is 0 Å². The first-order valence-corrected chi connectivity index (χ1v) is 12.2. The smallest absolute Gasteiger partial charge is 0.336 e. The number of fused-ring (bicyclic) bond motifs is 1. The summed E-state index contributed by atoms with van der Waals surface area (Å²) in [5, 5.41) is 2.66. The molecule has 0 saturated heterocycles. The fourth-order valence-corrected chi connectivity index (χ4v) is 4.56. The van der Waals surface area contributed by atoms with Gasteiger partial charge in [-0.25, -0.2) is 17.5 Å². The first kappa shape index (κ1) is 26.7. The highest BCUT2D eigenvalue weighted by atomic mass is 32.2. The molecule has 0 fully saturated rings. The summed E-state index contributed by atoms with van der Waals surface area (Å²) in [6.07, 6.45) is 5.76. The first-order chi connectivity index (χ1) is 16.3. The van der Waals surface area contributed by atoms with E-state index in [1.54, 1.807) is 44.4 Å². The molecule has 1 unspecified atom stereocenters. The minimum absolute atomic E-state index is 0.0355. The summed E-state index contributed by atoms with van der Waals surface area (Å²) >= 11 is 0. The van der Waals surface area contributed by atoms with Gasteiger partial charge in [0.15, 0.2) is 0 Å². The van der Waals surface area contributed by atoms with Crippen molar-refractivity contribution in [2.45, 2.75) is 31.3 Å². The van der Waals surface area contributed by atoms with Gasteiger partial charge in [0, 0.05) is 19.1 Å². The second kappa shape index (κ2) is 12.6. The number of hydrogen-bond donors (Lipinski definition) is 1. The number of amides is 2. The third kappa shape index (κ3) is 6.70. The van der Waals surface area contributed by atoms with Crippen LogP contribution in [0.25, 0.3) is 0 Å². The summed E-state index contributed by atoms with van der Waals surface area (Å²) < 4.78 is 32.5. The fraction of sp³-hybridized carbons (Fsp3) is 0.222. The van der Waals surface area contributed by atoms with E-state index in [1.165, 1.54) is 6.07 Å². The standard InChI is InChI=1S/C25H26N2O4S.C2H4/c1-4-20(14-13-19(2)31-3)18-27-25(28)26-23-16-15-22(17-24(23)32(27,29)30)12-8-11-21-9-6-5-7-10-21;1-2/h4-7,9-10,13-17,19H,11,18H2,1-3H3,(H,26,28);1-2H2/b14-13-,20-4+;. The number of hydrogen-bond acceptors (Lipinski definition) is 4. The van der Waals surface area contributed by atoms with Crippen molar-refractivity contribution in [2.24, 2.45) is 0 Å². The molecule has 0 radical (unpaired) electrons. The maximum Gasteiger partial charge on any atom is 0.336 e. The third-order valence-corrected chi connectivity index (χ3v) is 6.80. The third-order valence-electron chi connectivity index (χ3n) is 5.04. The molecule has 0 aromatic heterocycles. The summed E-state index contributed by atoms with van der Waals surface area (Å²) in [4.78, 5) is 12.6. The van der Waals surface area contributed by atoms with Gasteiger partial charge < -0.3 is 10.1 Å². The minimum Gasteiger partial charge on any atom is -0.378 e. The molecule has 0 spiro atoms. The van der Waals surface area contributed by atoms with Gasteiger partial charge >= 0.3 is 6.03 Å². The summed E-state index contributed by atoms with van der Waals surface area (Å²) in [6, 6.07) is 13.9. The number of methoxy groups -OCH3 is 1. The van der Waals surface area contributed by atoms with Gasteiger partial charge in [0.05, 0.1) is 18.3 Å². The Kier molecular flexibility index (Phi) is 9.87. The molecule has 2 amide bonds. The number of urea groups is 1. The summed E-state index contributed by atoms with van der Waals surface area (Å²) in [5.74, 6) is 6.09. The molecule has 2 aromatic carbocycles. The predicted molar refractivity (Wildman–Crippen MR) is 137 cm³/mol. The number of benzene rings is 2. The van der Waals surface area contributed by atoms with E-state index in [4.69, 9.17) is 4.74 Å². The van der Waals surface area contributed by atoms with Crippen molar-refractivity contribution >= 4 is 21.7 Å². The van der Waals surface area contributed by atoms with E-state index < -0.39 is 16.1 Å². The van der Waals surface area contributed by atoms with E-state index in [1.807, 2.05) is 37.3 Å². The van der Waals surface area contributed by atoms with E-state index in [2.05, 4.69) is 30.3 Å². The Morgan fingerprint density at radius 1 is 1.21 bits per heavy atom. The monoisotopic (exact) mass is 478 g/mol. The van der Waals surface area contributed by atoms with Crippen molar-refractivity contribution in [1.29, 1.82) is 0 Å². The Labute approximate surface area is 202 Å². The Morgan fingerprint density at radius 3 is 2.56 bits per heavy atom. The first-order valence-electron chi connectivity index (χ1n) is 10.7. The van der Waals surface area contributed by atoms with Crippen LogP contribution in [0.15, 0.2) is 90.4 Å². The van der Waals surface area contributed by atoms with Crippen LogP contribution < -0.4 is 5.32 Å². The van der Waals surface area contributed by atoms with Crippen LogP contribution in [0.4, 0.5) is 10.5 Å². The van der Waals surface area contributed by atoms with Crippen LogP contribution in [0.1, 0.15) is 25.0 Å². The highest BCUT2D eigenvalue weighted by Gasteiger charge is 2.36. The normalized spacial score (nSPS) is 15.3. The van der Waals surface area contributed by atoms with Crippen molar-refractivity contribution in [3.8, 4) is 11.8 Å². The van der Waals surface area contributed by atoms with Crippen LogP contribution in [0.2, 0.25) is 0 Å². The molecule has 0 bridgehead atoms. The molecule has 178 valence electrons. The highest BCUT2D eigenvalue weighted by Crippen LogP contribution is 2.31. The number of carbonyl (C=O) groups excluding carboxylic acids is 1. The van der Waals surface area contributed by atoms with Crippen molar-refractivity contribution in [1.82, 2.24) is 4.31 Å². The zero-order valence-corrected chi connectivity index (χ0v) is 20.6. The molecular formula is C27H30N2O4S. The van der Waals surface area contributed by atoms with Crippen LogP contribution in [0.5, 0.6) is 0 Å². The quantitative estimate of drug-likeness (QED) is 0.354. The Hall–Kier alpha value is -3.60. The van der Waals surface area contributed by atoms with Crippen molar-refractivity contribution < 1.29 is 17.9 Å². The number of ether oxygens (including phenoxy) is 1. The van der Waals surface area contributed by atoms with Gasteiger partial charge in [0.2, 0.25) is 0 Å². The Balaban J connectivity index is 0.00000199. The van der Waals surface area contributed by atoms with Gasteiger partial charge in [-0.05, 0) is 43.2 Å². The average molecular weight is 479 g/mol. The van der Waals surface area contributed by atoms with Crippen LogP contribution in [0.3, 0.4) is 0 Å². The lowest BCUT2D eigenvalue weighted by Crippen LogP contribution is -2.44. The number of rotatable bonds is 6. The zero-order valence-electron chi connectivity index (χ0n) is 19.7. The van der Waals surface area contributed by atoms with Gasteiger partial charge in [-0.15, -0.1) is 13.2 Å². The van der Waals surface area contributed by atoms with Gasteiger partial charge in [-0.2, -0.15) is 0 Å². The number of carbonyl (C=O) groups is 1. The van der Waals surface area contributed by atoms with E-state index in [9.17, 15) is 13.2 Å². The molecule has 1 atom stereocenters. The maximum absolute atomic E-state index is 13.2. The molecule has 0 saturated carbocycles. The Bertz CT molecular complexity index is 1220. The summed E-state index contributed by atoms with van der Waals surface area (Å²) in [6.45, 7) is 9.58. The molecule has 6 nitrogen and oxygen atoms in total. The Morgan fingerprint density at radius 2 is 1.91 bits per heavy atom. The molecule has 0 aliphatic carbocycles. The zero-order chi connectivity index (χ0) is 25.1. The van der Waals surface area contributed by atoms with E-state index in [0.29, 0.717) is 17.6 Å². The van der Waals surface area contributed by atoms with E-state index in [-0.39, 0.29) is 23.2 Å². The molecule has 1 heterocycles. The number of nitrogens with one attached hydrogen (secondary N) is 1. The maximum atomic E-state index is 13.2. The SMILES string of the molecule is C/C=C(\C=C/C(C)OC)CN1C(=O)Nc2ccc(C#CCc3ccccc3)cc2S1(=O)=O.C=C. The predicted octanol–water partition coefficient (Wildman–Crippen LogP) is 5.16. The minimum atomic E-state index is -4.03. The summed E-state index contributed by atoms with van der Waals surface area (Å²) in [5.41, 5.74) is 2.58. The van der Waals surface area contributed by atoms with E-state index in [0.717, 1.165) is 9.87 Å². The van der Waals surface area contributed by atoms with Gasteiger partial charge in [0.25, 0.3) is 10.0 Å². The summed E-state index contributed by atoms with van der Waals surface area (Å²) in [7, 11) is -2.45. The molecule has 7 heteroatoms. The molecular weight excluding hydrogens is 448 g/mol. The molecule has 1 N–H and O–H groups in total. The van der Waals surface area contributed by atoms with Crippen LogP contribution in [-0.4, -0.2) is 38.5 Å². The second-order valence-corrected chi connectivity index (χ2v) is 9.11. The lowest BCUT2D eigenvalue weighted by molar-refractivity contribution is 0.156. The molecule has 2 aromatic rings. The molecule has 34 heavy (non-hydrogen) atoms. The topological polar surface area (TPSA) is 75.7 Å². The van der Waals surface area contributed by atoms with Crippen molar-refractivity contribution in [3.05, 3.63) is 96.6 Å². The van der Waals surface area contributed by atoms with Crippen molar-refractivity contribution in [2.75, 3.05) is 19.0 Å². The lowest BCUT2D eigenvalue weighted by atomic mass is 10.1. The largest absolute Gasteiger partial charge is 0.378 e. The second-order valence-electron chi connectivity index (χ2n) is 7.28. The van der Waals surface area contributed by atoms with Gasteiger partial charge in [0.1, 0.15) is 4.90 Å². The van der Waals surface area contributed by atoms with E-state index >= 15 is 0 Å². The van der Waals surface area contributed by atoms with Crippen molar-refractivity contribution in [3.63, 3.8) is 0 Å². The molecule has 3 rings (SSSR count). The molecule has 1 aliphatic rings. The van der Waals surface area contributed by atoms with Crippen LogP contribution >= 0.6 is 0 Å². The highest BCUT2D eigenvalue weighted by molar-refractivity contribution is 7.90. The average Bonchev–Trinajstić information content (AvgIpc) is 2.85. The van der Waals surface area contributed by atoms with Crippen LogP contribution in [0, 0.1) is 11.8 Å². The number of anilines is 1. The fourth-order valence-electron chi connectivity index (χ4n) is 3.07. The molecule has 1 aliphatic heterocycles. The van der Waals surface area contributed by atoms with Gasteiger partial charge in [-0.1, -0.05) is 60.4 Å².